The number of hydrogen-bond donors (Lipinski definition) is 1. The van der Waals surface area contributed by atoms with Gasteiger partial charge in [-0.1, -0.05) is 73.9 Å². The van der Waals surface area contributed by atoms with E-state index in [9.17, 15) is 0 Å². The molecule has 2 aliphatic rings. The van der Waals surface area contributed by atoms with E-state index in [1.807, 2.05) is 6.20 Å². The summed E-state index contributed by atoms with van der Waals surface area (Å²) in [6, 6.07) is 20.0. The Balaban J connectivity index is 1.51. The fourth-order valence-electron chi connectivity index (χ4n) is 4.62. The Kier molecular flexibility index (Phi) is 4.36. The van der Waals surface area contributed by atoms with Gasteiger partial charge in [0.05, 0.1) is 5.69 Å². The highest BCUT2D eigenvalue weighted by Crippen LogP contribution is 2.41. The fraction of sp³-hybridized carbons (Fsp3) is 0.333. The van der Waals surface area contributed by atoms with E-state index >= 15 is 0 Å². The third-order valence-electron chi connectivity index (χ3n) is 6.02. The number of hydrogen-bond acceptors (Lipinski definition) is 3. The standard InChI is InChI=1S/C24H25N3/c1-3-9-17(10-4-1)22-15-18-16-25-24(26-19-11-5-2-6-12-19)27-23(18)21-14-8-7-13-20(21)22/h1,3-4,7-10,13-14,16,19,22H,2,5-6,11-12,15H2,(H,25,26,27). The lowest BCUT2D eigenvalue weighted by molar-refractivity contribution is 0.461. The molecule has 1 heterocycles. The molecule has 1 unspecified atom stereocenters. The van der Waals surface area contributed by atoms with Crippen molar-refractivity contribution >= 4 is 5.95 Å². The van der Waals surface area contributed by atoms with Gasteiger partial charge in [-0.3, -0.25) is 0 Å². The van der Waals surface area contributed by atoms with Crippen LogP contribution in [0, 0.1) is 0 Å². The van der Waals surface area contributed by atoms with E-state index in [4.69, 9.17) is 4.98 Å². The van der Waals surface area contributed by atoms with Crippen LogP contribution < -0.4 is 5.32 Å². The van der Waals surface area contributed by atoms with Crippen molar-refractivity contribution in [3.8, 4) is 11.3 Å². The van der Waals surface area contributed by atoms with Crippen LogP contribution in [0.2, 0.25) is 0 Å². The molecular weight excluding hydrogens is 330 g/mol. The predicted molar refractivity (Wildman–Crippen MR) is 110 cm³/mol. The van der Waals surface area contributed by atoms with Crippen molar-refractivity contribution in [2.24, 2.45) is 0 Å². The van der Waals surface area contributed by atoms with Crippen LogP contribution in [0.25, 0.3) is 11.3 Å². The van der Waals surface area contributed by atoms with Gasteiger partial charge in [0.15, 0.2) is 0 Å². The first kappa shape index (κ1) is 16.5. The molecule has 3 aromatic rings. The topological polar surface area (TPSA) is 37.8 Å². The van der Waals surface area contributed by atoms with Crippen LogP contribution in [0.5, 0.6) is 0 Å². The number of nitrogens with zero attached hydrogens (tertiary/aromatic N) is 2. The van der Waals surface area contributed by atoms with Crippen LogP contribution in [0.3, 0.4) is 0 Å². The SMILES string of the molecule is c1ccc(C2Cc3cnc(NC4CCCCC4)nc3-c3ccccc32)cc1. The molecule has 1 N–H and O–H groups in total. The zero-order chi connectivity index (χ0) is 18.1. The van der Waals surface area contributed by atoms with E-state index in [0.717, 1.165) is 18.1 Å². The Labute approximate surface area is 160 Å². The third-order valence-corrected chi connectivity index (χ3v) is 6.02. The molecule has 0 spiro atoms. The summed E-state index contributed by atoms with van der Waals surface area (Å²) < 4.78 is 0. The molecule has 0 saturated heterocycles. The van der Waals surface area contributed by atoms with Gasteiger partial charge < -0.3 is 5.32 Å². The minimum atomic E-state index is 0.371. The van der Waals surface area contributed by atoms with E-state index in [0.29, 0.717) is 12.0 Å². The minimum Gasteiger partial charge on any atom is -0.351 e. The highest BCUT2D eigenvalue weighted by atomic mass is 15.1. The molecule has 1 saturated carbocycles. The Morgan fingerprint density at radius 3 is 2.48 bits per heavy atom. The lowest BCUT2D eigenvalue weighted by atomic mass is 9.78. The highest BCUT2D eigenvalue weighted by molar-refractivity contribution is 5.72. The molecule has 2 aromatic carbocycles. The largest absolute Gasteiger partial charge is 0.351 e. The molecule has 0 bridgehead atoms. The first-order valence-electron chi connectivity index (χ1n) is 10.2. The van der Waals surface area contributed by atoms with Gasteiger partial charge in [-0.15, -0.1) is 0 Å². The Hall–Kier alpha value is -2.68. The van der Waals surface area contributed by atoms with Crippen molar-refractivity contribution < 1.29 is 0 Å². The molecule has 0 radical (unpaired) electrons. The number of aromatic nitrogens is 2. The molecule has 0 amide bonds. The Morgan fingerprint density at radius 2 is 1.63 bits per heavy atom. The highest BCUT2D eigenvalue weighted by Gasteiger charge is 2.27. The summed E-state index contributed by atoms with van der Waals surface area (Å²) in [5.41, 5.74) is 6.34. The summed E-state index contributed by atoms with van der Waals surface area (Å²) in [5.74, 6) is 1.16. The van der Waals surface area contributed by atoms with Crippen LogP contribution in [-0.2, 0) is 6.42 Å². The average Bonchev–Trinajstić information content (AvgIpc) is 2.75. The quantitative estimate of drug-likeness (QED) is 0.667. The lowest BCUT2D eigenvalue weighted by Crippen LogP contribution is -2.24. The molecule has 3 nitrogen and oxygen atoms in total. The molecule has 1 fully saturated rings. The van der Waals surface area contributed by atoms with E-state index in [1.165, 1.54) is 54.4 Å². The third kappa shape index (κ3) is 3.23. The van der Waals surface area contributed by atoms with Crippen LogP contribution in [0.15, 0.2) is 60.8 Å². The van der Waals surface area contributed by atoms with E-state index in [1.54, 1.807) is 0 Å². The zero-order valence-electron chi connectivity index (χ0n) is 15.6. The number of nitrogens with one attached hydrogen (secondary N) is 1. The molecule has 27 heavy (non-hydrogen) atoms. The summed E-state index contributed by atoms with van der Waals surface area (Å²) in [4.78, 5) is 9.62. The van der Waals surface area contributed by atoms with Gasteiger partial charge >= 0.3 is 0 Å². The van der Waals surface area contributed by atoms with Crippen LogP contribution in [0.1, 0.15) is 54.7 Å². The van der Waals surface area contributed by atoms with Gasteiger partial charge in [-0.25, -0.2) is 9.97 Å². The smallest absolute Gasteiger partial charge is 0.223 e. The second-order valence-electron chi connectivity index (χ2n) is 7.80. The second kappa shape index (κ2) is 7.15. The van der Waals surface area contributed by atoms with Crippen molar-refractivity contribution in [1.29, 1.82) is 0 Å². The van der Waals surface area contributed by atoms with Gasteiger partial charge in [0, 0.05) is 23.7 Å². The summed E-state index contributed by atoms with van der Waals surface area (Å²) >= 11 is 0. The van der Waals surface area contributed by atoms with Crippen LogP contribution >= 0.6 is 0 Å². The second-order valence-corrected chi connectivity index (χ2v) is 7.80. The molecule has 3 heteroatoms. The van der Waals surface area contributed by atoms with E-state index < -0.39 is 0 Å². The molecule has 0 aliphatic heterocycles. The first-order chi connectivity index (χ1) is 13.4. The van der Waals surface area contributed by atoms with Crippen molar-refractivity contribution in [2.45, 2.75) is 50.5 Å². The van der Waals surface area contributed by atoms with Crippen molar-refractivity contribution in [1.82, 2.24) is 9.97 Å². The number of rotatable bonds is 3. The molecule has 136 valence electrons. The number of fused-ring (bicyclic) bond motifs is 3. The first-order valence-corrected chi connectivity index (χ1v) is 10.2. The zero-order valence-corrected chi connectivity index (χ0v) is 15.6. The van der Waals surface area contributed by atoms with Crippen molar-refractivity contribution in [2.75, 3.05) is 5.32 Å². The predicted octanol–water partition coefficient (Wildman–Crippen LogP) is 5.58. The normalized spacial score (nSPS) is 19.2. The van der Waals surface area contributed by atoms with Gasteiger partial charge in [0.25, 0.3) is 0 Å². The van der Waals surface area contributed by atoms with Gasteiger partial charge in [-0.05, 0) is 36.0 Å². The summed E-state index contributed by atoms with van der Waals surface area (Å²) in [6.07, 6.45) is 9.44. The average molecular weight is 355 g/mol. The Bertz CT molecular complexity index is 929. The summed E-state index contributed by atoms with van der Waals surface area (Å²) in [7, 11) is 0. The van der Waals surface area contributed by atoms with Crippen LogP contribution in [0.4, 0.5) is 5.95 Å². The fourth-order valence-corrected chi connectivity index (χ4v) is 4.62. The van der Waals surface area contributed by atoms with Crippen molar-refractivity contribution in [3.63, 3.8) is 0 Å². The number of benzene rings is 2. The van der Waals surface area contributed by atoms with E-state index in [-0.39, 0.29) is 0 Å². The van der Waals surface area contributed by atoms with Gasteiger partial charge in [-0.2, -0.15) is 0 Å². The molecule has 1 aromatic heterocycles. The summed E-state index contributed by atoms with van der Waals surface area (Å²) in [6.45, 7) is 0. The Morgan fingerprint density at radius 1 is 0.852 bits per heavy atom. The van der Waals surface area contributed by atoms with Gasteiger partial charge in [0.1, 0.15) is 0 Å². The monoisotopic (exact) mass is 355 g/mol. The van der Waals surface area contributed by atoms with Crippen molar-refractivity contribution in [3.05, 3.63) is 77.5 Å². The molecule has 2 aliphatic carbocycles. The molecule has 1 atom stereocenters. The number of anilines is 1. The maximum absolute atomic E-state index is 4.95. The lowest BCUT2D eigenvalue weighted by Gasteiger charge is -2.28. The van der Waals surface area contributed by atoms with Gasteiger partial charge in [0.2, 0.25) is 5.95 Å². The maximum Gasteiger partial charge on any atom is 0.223 e. The summed E-state index contributed by atoms with van der Waals surface area (Å²) in [5, 5.41) is 3.58. The van der Waals surface area contributed by atoms with E-state index in [2.05, 4.69) is 64.9 Å². The minimum absolute atomic E-state index is 0.371. The maximum atomic E-state index is 4.95. The molecular formula is C24H25N3. The van der Waals surface area contributed by atoms with Crippen LogP contribution in [-0.4, -0.2) is 16.0 Å². The molecule has 5 rings (SSSR count).